The van der Waals surface area contributed by atoms with Crippen molar-refractivity contribution in [3.63, 3.8) is 0 Å². The third-order valence-corrected chi connectivity index (χ3v) is 6.85. The van der Waals surface area contributed by atoms with Gasteiger partial charge in [0, 0.05) is 13.6 Å². The molecule has 1 aliphatic heterocycles. The zero-order chi connectivity index (χ0) is 26.8. The van der Waals surface area contributed by atoms with Crippen LogP contribution < -0.4 is 5.32 Å². The largest absolute Gasteiger partial charge is 0.453 e. The van der Waals surface area contributed by atoms with Crippen molar-refractivity contribution in [3.05, 3.63) is 55.0 Å². The predicted octanol–water partition coefficient (Wildman–Crippen LogP) is 3.10. The molecule has 0 saturated carbocycles. The number of carbonyl (C=O) groups is 2. The van der Waals surface area contributed by atoms with Crippen LogP contribution in [0, 0.1) is 5.92 Å². The average molecular weight is 518 g/mol. The molecule has 12 nitrogen and oxygen atoms in total. The maximum atomic E-state index is 13.4. The lowest BCUT2D eigenvalue weighted by atomic mass is 10.0. The Labute approximate surface area is 220 Å². The van der Waals surface area contributed by atoms with Gasteiger partial charge in [0.15, 0.2) is 0 Å². The molecule has 2 N–H and O–H groups in total. The minimum Gasteiger partial charge on any atom is -0.453 e. The number of nitrogens with one attached hydrogen (secondary N) is 2. The zero-order valence-electron chi connectivity index (χ0n) is 21.8. The number of alkyl carbamates (subject to hydrolysis) is 1. The summed E-state index contributed by atoms with van der Waals surface area (Å²) in [5, 5.41) is 11.2. The minimum absolute atomic E-state index is 0.0845. The molecule has 12 heteroatoms. The molecule has 4 heterocycles. The van der Waals surface area contributed by atoms with Crippen molar-refractivity contribution in [2.75, 3.05) is 13.7 Å². The summed E-state index contributed by atoms with van der Waals surface area (Å²) >= 11 is 0. The molecule has 5 rings (SSSR count). The van der Waals surface area contributed by atoms with Gasteiger partial charge in [-0.1, -0.05) is 31.2 Å². The smallest absolute Gasteiger partial charge is 0.407 e. The molecule has 0 radical (unpaired) electrons. The van der Waals surface area contributed by atoms with Gasteiger partial charge in [-0.3, -0.25) is 4.79 Å². The number of H-pyrrole nitrogens is 1. The van der Waals surface area contributed by atoms with Crippen LogP contribution in [0.25, 0.3) is 28.3 Å². The predicted molar refractivity (Wildman–Crippen MR) is 139 cm³/mol. The second-order valence-electron chi connectivity index (χ2n) is 9.71. The van der Waals surface area contributed by atoms with Crippen LogP contribution in [0.5, 0.6) is 0 Å². The number of likely N-dealkylation sites (tertiary alicyclic amines) is 1. The summed E-state index contributed by atoms with van der Waals surface area (Å²) in [6.45, 7) is 4.41. The van der Waals surface area contributed by atoms with Gasteiger partial charge in [-0.2, -0.15) is 0 Å². The van der Waals surface area contributed by atoms with Crippen LogP contribution in [0.2, 0.25) is 0 Å². The van der Waals surface area contributed by atoms with E-state index in [2.05, 4.69) is 30.6 Å². The maximum Gasteiger partial charge on any atom is 0.407 e. The SMILES string of the molecule is COC(=O)N[C@H](C(=O)N1CCCC1c1ncc(-c2ccc(-n3cc(-c4cncn4C)nn3)cc2)[nH]1)C(C)C. The van der Waals surface area contributed by atoms with E-state index in [4.69, 9.17) is 4.74 Å². The zero-order valence-corrected chi connectivity index (χ0v) is 21.8. The maximum absolute atomic E-state index is 13.4. The van der Waals surface area contributed by atoms with Gasteiger partial charge in [0.2, 0.25) is 5.91 Å². The number of amides is 2. The van der Waals surface area contributed by atoms with E-state index in [1.807, 2.05) is 55.9 Å². The fourth-order valence-electron chi connectivity index (χ4n) is 4.75. The molecule has 0 aliphatic carbocycles. The molecule has 0 spiro atoms. The number of aromatic nitrogens is 7. The van der Waals surface area contributed by atoms with Gasteiger partial charge in [-0.25, -0.2) is 19.4 Å². The van der Waals surface area contributed by atoms with Gasteiger partial charge in [0.25, 0.3) is 0 Å². The van der Waals surface area contributed by atoms with Gasteiger partial charge < -0.3 is 24.5 Å². The quantitative estimate of drug-likeness (QED) is 0.384. The molecule has 1 aliphatic rings. The first-order valence-corrected chi connectivity index (χ1v) is 12.6. The fraction of sp³-hybridized carbons (Fsp3) is 0.385. The van der Waals surface area contributed by atoms with Crippen molar-refractivity contribution >= 4 is 12.0 Å². The van der Waals surface area contributed by atoms with Crippen molar-refractivity contribution in [1.82, 2.24) is 44.7 Å². The highest BCUT2D eigenvalue weighted by Gasteiger charge is 2.37. The lowest BCUT2D eigenvalue weighted by Crippen LogP contribution is -2.51. The molecule has 198 valence electrons. The van der Waals surface area contributed by atoms with Crippen LogP contribution in [0.4, 0.5) is 4.79 Å². The Morgan fingerprint density at radius 3 is 2.66 bits per heavy atom. The number of carbonyl (C=O) groups excluding carboxylic acids is 2. The number of ether oxygens (including phenoxy) is 1. The van der Waals surface area contributed by atoms with E-state index in [-0.39, 0.29) is 17.9 Å². The molecule has 1 saturated heterocycles. The molecule has 4 aromatic rings. The van der Waals surface area contributed by atoms with Crippen molar-refractivity contribution in [1.29, 1.82) is 0 Å². The molecule has 3 aromatic heterocycles. The van der Waals surface area contributed by atoms with Gasteiger partial charge in [0.1, 0.15) is 17.6 Å². The molecule has 2 atom stereocenters. The first kappa shape index (κ1) is 25.2. The third-order valence-electron chi connectivity index (χ3n) is 6.85. The van der Waals surface area contributed by atoms with Crippen molar-refractivity contribution < 1.29 is 14.3 Å². The summed E-state index contributed by atoms with van der Waals surface area (Å²) in [4.78, 5) is 39.1. The molecular weight excluding hydrogens is 486 g/mol. The van der Waals surface area contributed by atoms with Crippen LogP contribution in [-0.4, -0.2) is 71.1 Å². The van der Waals surface area contributed by atoms with Crippen LogP contribution >= 0.6 is 0 Å². The second kappa shape index (κ2) is 10.5. The number of methoxy groups -OCH3 is 1. The monoisotopic (exact) mass is 517 g/mol. The summed E-state index contributed by atoms with van der Waals surface area (Å²) in [7, 11) is 3.20. The van der Waals surface area contributed by atoms with Crippen LogP contribution in [0.15, 0.2) is 49.2 Å². The number of imidazole rings is 2. The highest BCUT2D eigenvalue weighted by atomic mass is 16.5. The van der Waals surface area contributed by atoms with E-state index in [1.165, 1.54) is 7.11 Å². The topological polar surface area (TPSA) is 136 Å². The van der Waals surface area contributed by atoms with Gasteiger partial charge in [-0.05, 0) is 36.5 Å². The summed E-state index contributed by atoms with van der Waals surface area (Å²) in [5.41, 5.74) is 4.32. The third kappa shape index (κ3) is 4.89. The molecule has 38 heavy (non-hydrogen) atoms. The molecule has 1 unspecified atom stereocenters. The normalized spacial score (nSPS) is 16.1. The molecule has 2 amide bonds. The standard InChI is InChI=1S/C26H31N9O3/c1-16(2)23(30-26(37)38-4)25(36)34-11-5-6-21(34)24-28-12-19(29-24)17-7-9-18(10-8-17)35-14-20(31-32-35)22-13-27-15-33(22)3/h7-10,12-16,21,23H,5-6,11H2,1-4H3,(H,28,29)(H,30,37)/t21?,23-/m0/s1. The number of rotatable bonds is 7. The lowest BCUT2D eigenvalue weighted by Gasteiger charge is -2.30. The van der Waals surface area contributed by atoms with Crippen molar-refractivity contribution in [2.24, 2.45) is 13.0 Å². The fourth-order valence-corrected chi connectivity index (χ4v) is 4.75. The van der Waals surface area contributed by atoms with E-state index in [0.717, 1.165) is 47.0 Å². The summed E-state index contributed by atoms with van der Waals surface area (Å²) < 4.78 is 8.33. The Bertz CT molecular complexity index is 1420. The van der Waals surface area contributed by atoms with Gasteiger partial charge >= 0.3 is 6.09 Å². The Kier molecular flexibility index (Phi) is 6.95. The van der Waals surface area contributed by atoms with Crippen LogP contribution in [0.3, 0.4) is 0 Å². The van der Waals surface area contributed by atoms with Gasteiger partial charge in [0.05, 0.1) is 55.1 Å². The Morgan fingerprint density at radius 1 is 1.18 bits per heavy atom. The lowest BCUT2D eigenvalue weighted by molar-refractivity contribution is -0.135. The molecule has 0 bridgehead atoms. The van der Waals surface area contributed by atoms with Gasteiger partial charge in [-0.15, -0.1) is 5.10 Å². The van der Waals surface area contributed by atoms with E-state index >= 15 is 0 Å². The number of aryl methyl sites for hydroxylation is 1. The van der Waals surface area contributed by atoms with Crippen LogP contribution in [0.1, 0.15) is 38.6 Å². The van der Waals surface area contributed by atoms with Crippen LogP contribution in [-0.2, 0) is 16.6 Å². The summed E-state index contributed by atoms with van der Waals surface area (Å²) in [6, 6.07) is 7.07. The number of benzene rings is 1. The molecule has 1 fully saturated rings. The Morgan fingerprint density at radius 2 is 1.97 bits per heavy atom. The first-order valence-electron chi connectivity index (χ1n) is 12.6. The first-order chi connectivity index (χ1) is 18.4. The van der Waals surface area contributed by atoms with E-state index < -0.39 is 12.1 Å². The van der Waals surface area contributed by atoms with Crippen molar-refractivity contribution in [2.45, 2.75) is 38.8 Å². The minimum atomic E-state index is -0.666. The number of hydrogen-bond acceptors (Lipinski definition) is 7. The number of nitrogens with zero attached hydrogens (tertiary/aromatic N) is 7. The summed E-state index contributed by atoms with van der Waals surface area (Å²) in [5.74, 6) is 0.514. The Balaban J connectivity index is 1.31. The molecular formula is C26H31N9O3. The molecule has 1 aromatic carbocycles. The van der Waals surface area contributed by atoms with E-state index in [9.17, 15) is 9.59 Å². The number of aromatic amines is 1. The highest BCUT2D eigenvalue weighted by molar-refractivity contribution is 5.86. The average Bonchev–Trinajstić information content (AvgIpc) is 3.72. The Hall–Kier alpha value is -4.48. The summed E-state index contributed by atoms with van der Waals surface area (Å²) in [6.07, 6.45) is 8.18. The van der Waals surface area contributed by atoms with E-state index in [0.29, 0.717) is 6.54 Å². The van der Waals surface area contributed by atoms with E-state index in [1.54, 1.807) is 28.3 Å². The number of hydrogen-bond donors (Lipinski definition) is 2. The second-order valence-corrected chi connectivity index (χ2v) is 9.71. The highest BCUT2D eigenvalue weighted by Crippen LogP contribution is 2.33. The van der Waals surface area contributed by atoms with Crippen molar-refractivity contribution in [3.8, 4) is 28.3 Å².